The van der Waals surface area contributed by atoms with Gasteiger partial charge < -0.3 is 10.0 Å². The summed E-state index contributed by atoms with van der Waals surface area (Å²) in [5.41, 5.74) is -0.597. The molecule has 0 radical (unpaired) electrons. The Hall–Kier alpha value is -1.64. The highest BCUT2D eigenvalue weighted by Gasteiger charge is 2.42. The third kappa shape index (κ3) is 3.17. The predicted molar refractivity (Wildman–Crippen MR) is 76.8 cm³/mol. The number of hydrogen-bond acceptors (Lipinski definition) is 3. The SMILES string of the molecule is Cc1ccc(C(=O)N2CCC(F)(C(O)C#N)CC2)cc1Cl. The summed E-state index contributed by atoms with van der Waals surface area (Å²) in [6.45, 7) is 2.18. The van der Waals surface area contributed by atoms with Crippen LogP contribution in [0.25, 0.3) is 0 Å². The minimum absolute atomic E-state index is 0.0486. The van der Waals surface area contributed by atoms with Crippen molar-refractivity contribution in [2.75, 3.05) is 13.1 Å². The minimum Gasteiger partial charge on any atom is -0.375 e. The van der Waals surface area contributed by atoms with Gasteiger partial charge in [0.05, 0.1) is 6.07 Å². The van der Waals surface area contributed by atoms with Gasteiger partial charge in [-0.3, -0.25) is 4.79 Å². The predicted octanol–water partition coefficient (Wildman–Crippen LogP) is 2.48. The number of rotatable bonds is 2. The molecule has 1 aliphatic rings. The van der Waals surface area contributed by atoms with Gasteiger partial charge in [-0.25, -0.2) is 4.39 Å². The van der Waals surface area contributed by atoms with Crippen LogP contribution < -0.4 is 0 Å². The number of carbonyl (C=O) groups excluding carboxylic acids is 1. The van der Waals surface area contributed by atoms with Crippen LogP contribution >= 0.6 is 11.6 Å². The molecule has 1 heterocycles. The molecule has 6 heteroatoms. The molecule has 1 unspecified atom stereocenters. The summed E-state index contributed by atoms with van der Waals surface area (Å²) in [4.78, 5) is 13.8. The summed E-state index contributed by atoms with van der Waals surface area (Å²) in [5, 5.41) is 18.5. The van der Waals surface area contributed by atoms with E-state index < -0.39 is 11.8 Å². The van der Waals surface area contributed by atoms with Gasteiger partial charge in [0.15, 0.2) is 11.8 Å². The Morgan fingerprint density at radius 3 is 2.67 bits per heavy atom. The Labute approximate surface area is 127 Å². The average molecular weight is 311 g/mol. The molecule has 1 N–H and O–H groups in total. The number of aliphatic hydroxyl groups is 1. The van der Waals surface area contributed by atoms with Crippen molar-refractivity contribution in [2.45, 2.75) is 31.5 Å². The summed E-state index contributed by atoms with van der Waals surface area (Å²) in [7, 11) is 0. The molecule has 1 amide bonds. The van der Waals surface area contributed by atoms with Crippen LogP contribution in [0.5, 0.6) is 0 Å². The monoisotopic (exact) mass is 310 g/mol. The van der Waals surface area contributed by atoms with E-state index in [4.69, 9.17) is 16.9 Å². The van der Waals surface area contributed by atoms with E-state index in [0.717, 1.165) is 5.56 Å². The fraction of sp³-hybridized carbons (Fsp3) is 0.467. The van der Waals surface area contributed by atoms with Gasteiger partial charge in [-0.15, -0.1) is 0 Å². The number of amides is 1. The largest absolute Gasteiger partial charge is 0.375 e. The standard InChI is InChI=1S/C15H16ClFN2O2/c1-10-2-3-11(8-12(10)16)14(21)19-6-4-15(17,5-7-19)13(20)9-18/h2-3,8,13,20H,4-7H2,1H3. The number of piperidine rings is 1. The van der Waals surface area contributed by atoms with Gasteiger partial charge in [-0.05, 0) is 24.6 Å². The summed E-state index contributed by atoms with van der Waals surface area (Å²) < 4.78 is 14.3. The highest BCUT2D eigenvalue weighted by atomic mass is 35.5. The Morgan fingerprint density at radius 1 is 1.52 bits per heavy atom. The van der Waals surface area contributed by atoms with Crippen LogP contribution in [0.1, 0.15) is 28.8 Å². The van der Waals surface area contributed by atoms with Gasteiger partial charge in [0, 0.05) is 36.5 Å². The van der Waals surface area contributed by atoms with Crippen LogP contribution in [0, 0.1) is 18.3 Å². The number of aliphatic hydroxyl groups excluding tert-OH is 1. The molecule has 2 rings (SSSR count). The number of alkyl halides is 1. The van der Waals surface area contributed by atoms with Crippen molar-refractivity contribution in [1.29, 1.82) is 5.26 Å². The quantitative estimate of drug-likeness (QED) is 0.854. The second-order valence-corrected chi connectivity index (χ2v) is 5.73. The summed E-state index contributed by atoms with van der Waals surface area (Å²) in [5.74, 6) is -0.217. The van der Waals surface area contributed by atoms with Crippen molar-refractivity contribution in [2.24, 2.45) is 0 Å². The first-order chi connectivity index (χ1) is 9.87. The Morgan fingerprint density at radius 2 is 2.14 bits per heavy atom. The average Bonchev–Trinajstić information content (AvgIpc) is 2.49. The van der Waals surface area contributed by atoms with Gasteiger partial charge >= 0.3 is 0 Å². The topological polar surface area (TPSA) is 64.3 Å². The van der Waals surface area contributed by atoms with Crippen LogP contribution in [-0.2, 0) is 0 Å². The molecule has 21 heavy (non-hydrogen) atoms. The van der Waals surface area contributed by atoms with Crippen LogP contribution in [0.2, 0.25) is 5.02 Å². The third-order valence-corrected chi connectivity index (χ3v) is 4.32. The lowest BCUT2D eigenvalue weighted by Gasteiger charge is -2.37. The molecule has 1 aromatic carbocycles. The van der Waals surface area contributed by atoms with Crippen molar-refractivity contribution < 1.29 is 14.3 Å². The zero-order valence-electron chi connectivity index (χ0n) is 11.6. The number of aryl methyl sites for hydroxylation is 1. The first kappa shape index (κ1) is 15.7. The van der Waals surface area contributed by atoms with Crippen molar-refractivity contribution in [1.82, 2.24) is 4.90 Å². The zero-order valence-corrected chi connectivity index (χ0v) is 12.4. The second kappa shape index (κ2) is 6.00. The van der Waals surface area contributed by atoms with E-state index in [2.05, 4.69) is 0 Å². The van der Waals surface area contributed by atoms with Crippen LogP contribution in [0.4, 0.5) is 4.39 Å². The van der Waals surface area contributed by atoms with Crippen LogP contribution in [-0.4, -0.2) is 40.8 Å². The lowest BCUT2D eigenvalue weighted by molar-refractivity contribution is -0.0201. The van der Waals surface area contributed by atoms with E-state index in [9.17, 15) is 14.3 Å². The molecule has 112 valence electrons. The number of hydrogen-bond donors (Lipinski definition) is 1. The molecule has 1 aromatic rings. The zero-order chi connectivity index (χ0) is 15.6. The molecule has 1 saturated heterocycles. The lowest BCUT2D eigenvalue weighted by Crippen LogP contribution is -2.49. The number of halogens is 2. The number of nitriles is 1. The molecule has 0 aromatic heterocycles. The molecule has 0 saturated carbocycles. The number of carbonyl (C=O) groups is 1. The molecule has 0 bridgehead atoms. The van der Waals surface area contributed by atoms with Crippen molar-refractivity contribution in [3.63, 3.8) is 0 Å². The number of benzene rings is 1. The fourth-order valence-corrected chi connectivity index (χ4v) is 2.56. The van der Waals surface area contributed by atoms with E-state index >= 15 is 0 Å². The first-order valence-corrected chi connectivity index (χ1v) is 7.07. The van der Waals surface area contributed by atoms with Gasteiger partial charge in [-0.1, -0.05) is 17.7 Å². The van der Waals surface area contributed by atoms with Crippen LogP contribution in [0.15, 0.2) is 18.2 Å². The summed E-state index contributed by atoms with van der Waals surface area (Å²) in [6, 6.07) is 6.57. The smallest absolute Gasteiger partial charge is 0.253 e. The van der Waals surface area contributed by atoms with E-state index in [-0.39, 0.29) is 31.8 Å². The molecule has 4 nitrogen and oxygen atoms in total. The second-order valence-electron chi connectivity index (χ2n) is 5.32. The van der Waals surface area contributed by atoms with E-state index in [1.54, 1.807) is 18.2 Å². The third-order valence-electron chi connectivity index (χ3n) is 3.91. The van der Waals surface area contributed by atoms with Gasteiger partial charge in [0.25, 0.3) is 5.91 Å². The molecule has 0 aliphatic carbocycles. The molecular weight excluding hydrogens is 295 g/mol. The Kier molecular flexibility index (Phi) is 4.50. The van der Waals surface area contributed by atoms with Crippen molar-refractivity contribution in [3.8, 4) is 6.07 Å². The van der Waals surface area contributed by atoms with Crippen molar-refractivity contribution >= 4 is 17.5 Å². The summed E-state index contributed by atoms with van der Waals surface area (Å²) >= 11 is 6.00. The Balaban J connectivity index is 2.07. The van der Waals surface area contributed by atoms with Crippen molar-refractivity contribution in [3.05, 3.63) is 34.3 Å². The maximum absolute atomic E-state index is 14.3. The summed E-state index contributed by atoms with van der Waals surface area (Å²) in [6.07, 6.45) is -1.75. The highest BCUT2D eigenvalue weighted by molar-refractivity contribution is 6.31. The number of likely N-dealkylation sites (tertiary alicyclic amines) is 1. The molecule has 1 aliphatic heterocycles. The molecule has 1 atom stereocenters. The van der Waals surface area contributed by atoms with Gasteiger partial charge in [0.2, 0.25) is 0 Å². The van der Waals surface area contributed by atoms with Gasteiger partial charge in [0.1, 0.15) is 0 Å². The van der Waals surface area contributed by atoms with Crippen LogP contribution in [0.3, 0.4) is 0 Å². The maximum Gasteiger partial charge on any atom is 0.253 e. The first-order valence-electron chi connectivity index (χ1n) is 6.69. The van der Waals surface area contributed by atoms with E-state index in [1.165, 1.54) is 11.0 Å². The number of nitrogens with zero attached hydrogens (tertiary/aromatic N) is 2. The Bertz CT molecular complexity index is 592. The molecular formula is C15H16ClFN2O2. The maximum atomic E-state index is 14.3. The van der Waals surface area contributed by atoms with E-state index in [1.807, 2.05) is 6.92 Å². The molecule has 1 fully saturated rings. The normalized spacial score (nSPS) is 18.9. The molecule has 0 spiro atoms. The van der Waals surface area contributed by atoms with E-state index in [0.29, 0.717) is 10.6 Å². The van der Waals surface area contributed by atoms with Gasteiger partial charge in [-0.2, -0.15) is 5.26 Å². The lowest BCUT2D eigenvalue weighted by atomic mass is 9.88. The highest BCUT2D eigenvalue weighted by Crippen LogP contribution is 2.30. The minimum atomic E-state index is -1.93. The fourth-order valence-electron chi connectivity index (χ4n) is 2.38.